The summed E-state index contributed by atoms with van der Waals surface area (Å²) in [6.07, 6.45) is 5.44. The number of anilines is 1. The van der Waals surface area contributed by atoms with Crippen molar-refractivity contribution in [2.45, 2.75) is 44.7 Å². The summed E-state index contributed by atoms with van der Waals surface area (Å²) in [6, 6.07) is 14.5. The molecule has 2 N–H and O–H groups in total. The van der Waals surface area contributed by atoms with Gasteiger partial charge in [0.05, 0.1) is 6.04 Å². The first-order valence-electron chi connectivity index (χ1n) is 8.53. The number of fused-ring (bicyclic) bond motifs is 2. The largest absolute Gasteiger partial charge is 0.324 e. The number of halogens is 1. The monoisotopic (exact) mass is 342 g/mol. The topological polar surface area (TPSA) is 41.1 Å². The van der Waals surface area contributed by atoms with Crippen molar-refractivity contribution in [1.29, 1.82) is 0 Å². The van der Waals surface area contributed by atoms with Crippen LogP contribution in [0.2, 0.25) is 0 Å². The van der Waals surface area contributed by atoms with Gasteiger partial charge in [0.25, 0.3) is 0 Å². The number of hydrogen-bond donors (Lipinski definition) is 2. The molecule has 126 valence electrons. The van der Waals surface area contributed by atoms with E-state index < -0.39 is 0 Å². The van der Waals surface area contributed by atoms with Crippen LogP contribution in [0.15, 0.2) is 42.5 Å². The van der Waals surface area contributed by atoms with Crippen LogP contribution in [0.25, 0.3) is 0 Å². The van der Waals surface area contributed by atoms with Crippen molar-refractivity contribution in [3.05, 3.63) is 64.7 Å². The number of hydrogen-bond acceptors (Lipinski definition) is 2. The lowest BCUT2D eigenvalue weighted by Gasteiger charge is -2.26. The molecule has 1 unspecified atom stereocenters. The smallest absolute Gasteiger partial charge is 0.241 e. The van der Waals surface area contributed by atoms with Gasteiger partial charge in [-0.25, -0.2) is 0 Å². The molecule has 2 aromatic carbocycles. The summed E-state index contributed by atoms with van der Waals surface area (Å²) in [5.41, 5.74) is 6.32. The molecule has 0 spiro atoms. The van der Waals surface area contributed by atoms with Gasteiger partial charge in [-0.15, -0.1) is 12.4 Å². The van der Waals surface area contributed by atoms with Gasteiger partial charge in [0, 0.05) is 12.2 Å². The predicted octanol–water partition coefficient (Wildman–Crippen LogP) is 3.64. The molecule has 0 saturated carbocycles. The summed E-state index contributed by atoms with van der Waals surface area (Å²) in [4.78, 5) is 12.7. The fourth-order valence-electron chi connectivity index (χ4n) is 3.76. The van der Waals surface area contributed by atoms with E-state index in [1.54, 1.807) is 0 Å². The number of carbonyl (C=O) groups is 1. The number of aryl methyl sites for hydroxylation is 1. The van der Waals surface area contributed by atoms with E-state index in [-0.39, 0.29) is 24.4 Å². The molecule has 1 amide bonds. The Morgan fingerprint density at radius 3 is 2.58 bits per heavy atom. The van der Waals surface area contributed by atoms with Gasteiger partial charge in [0.15, 0.2) is 0 Å². The third-order valence-electron chi connectivity index (χ3n) is 5.05. The average molecular weight is 343 g/mol. The molecule has 1 atom stereocenters. The number of rotatable bonds is 2. The van der Waals surface area contributed by atoms with Gasteiger partial charge in [-0.3, -0.25) is 4.79 Å². The Morgan fingerprint density at radius 1 is 0.958 bits per heavy atom. The molecule has 1 heterocycles. The van der Waals surface area contributed by atoms with Gasteiger partial charge in [-0.2, -0.15) is 0 Å². The fraction of sp³-hybridized carbons (Fsp3) is 0.350. The third-order valence-corrected chi connectivity index (χ3v) is 5.05. The molecule has 0 saturated heterocycles. The van der Waals surface area contributed by atoms with Gasteiger partial charge in [-0.05, 0) is 60.4 Å². The fourth-order valence-corrected chi connectivity index (χ4v) is 3.76. The third kappa shape index (κ3) is 3.33. The maximum Gasteiger partial charge on any atom is 0.241 e. The zero-order valence-corrected chi connectivity index (χ0v) is 14.5. The molecule has 24 heavy (non-hydrogen) atoms. The van der Waals surface area contributed by atoms with E-state index in [0.29, 0.717) is 0 Å². The zero-order valence-electron chi connectivity index (χ0n) is 13.7. The van der Waals surface area contributed by atoms with Gasteiger partial charge in [0.1, 0.15) is 0 Å². The molecule has 1 aliphatic heterocycles. The number of amides is 1. The highest BCUT2D eigenvalue weighted by atomic mass is 35.5. The maximum atomic E-state index is 12.7. The summed E-state index contributed by atoms with van der Waals surface area (Å²) < 4.78 is 0. The standard InChI is InChI=1S/C20H22N2O.ClH/c23-20(19-12-15-7-1-2-8-16(15)13-21-19)22-18-11-5-9-14-6-3-4-10-17(14)18;/h1-2,5,7-9,11,19,21H,3-4,6,10,12-13H2,(H,22,23);1H. The van der Waals surface area contributed by atoms with Crippen molar-refractivity contribution in [1.82, 2.24) is 5.32 Å². The van der Waals surface area contributed by atoms with Crippen molar-refractivity contribution in [2.75, 3.05) is 5.32 Å². The first-order chi connectivity index (χ1) is 11.3. The number of carbonyl (C=O) groups excluding carboxylic acids is 1. The first kappa shape index (κ1) is 17.0. The van der Waals surface area contributed by atoms with Crippen LogP contribution in [0.5, 0.6) is 0 Å². The minimum Gasteiger partial charge on any atom is -0.324 e. The minimum atomic E-state index is -0.149. The van der Waals surface area contributed by atoms with E-state index in [1.165, 1.54) is 35.1 Å². The molecule has 2 aromatic rings. The van der Waals surface area contributed by atoms with E-state index in [0.717, 1.165) is 31.5 Å². The van der Waals surface area contributed by atoms with Crippen molar-refractivity contribution < 1.29 is 4.79 Å². The van der Waals surface area contributed by atoms with Gasteiger partial charge in [-0.1, -0.05) is 36.4 Å². The van der Waals surface area contributed by atoms with E-state index >= 15 is 0 Å². The highest BCUT2D eigenvalue weighted by Gasteiger charge is 2.25. The van der Waals surface area contributed by atoms with Crippen LogP contribution in [-0.2, 0) is 30.6 Å². The summed E-state index contributed by atoms with van der Waals surface area (Å²) in [5.74, 6) is 0.0819. The number of nitrogens with one attached hydrogen (secondary N) is 2. The van der Waals surface area contributed by atoms with Crippen LogP contribution in [0.3, 0.4) is 0 Å². The lowest BCUT2D eigenvalue weighted by molar-refractivity contribution is -0.118. The van der Waals surface area contributed by atoms with Gasteiger partial charge >= 0.3 is 0 Å². The summed E-state index contributed by atoms with van der Waals surface area (Å²) in [7, 11) is 0. The van der Waals surface area contributed by atoms with Crippen molar-refractivity contribution in [2.24, 2.45) is 0 Å². The minimum absolute atomic E-state index is 0. The molecular formula is C20H23ClN2O. The lowest BCUT2D eigenvalue weighted by Crippen LogP contribution is -2.44. The highest BCUT2D eigenvalue weighted by Crippen LogP contribution is 2.28. The molecule has 0 bridgehead atoms. The van der Waals surface area contributed by atoms with Crippen LogP contribution in [0, 0.1) is 0 Å². The normalized spacial score (nSPS) is 18.8. The SMILES string of the molecule is Cl.O=C(Nc1cccc2c1CCCC2)C1Cc2ccccc2CN1. The molecule has 0 aromatic heterocycles. The molecule has 0 fully saturated rings. The molecule has 4 rings (SSSR count). The molecule has 3 nitrogen and oxygen atoms in total. The second-order valence-corrected chi connectivity index (χ2v) is 6.55. The lowest BCUT2D eigenvalue weighted by atomic mass is 9.90. The van der Waals surface area contributed by atoms with Crippen LogP contribution in [-0.4, -0.2) is 11.9 Å². The Labute approximate surface area is 149 Å². The van der Waals surface area contributed by atoms with Crippen molar-refractivity contribution in [3.8, 4) is 0 Å². The van der Waals surface area contributed by atoms with Gasteiger partial charge < -0.3 is 10.6 Å². The Morgan fingerprint density at radius 2 is 1.71 bits per heavy atom. The van der Waals surface area contributed by atoms with Gasteiger partial charge in [0.2, 0.25) is 5.91 Å². The Kier molecular flexibility index (Phi) is 5.22. The summed E-state index contributed by atoms with van der Waals surface area (Å²) >= 11 is 0. The van der Waals surface area contributed by atoms with E-state index in [9.17, 15) is 4.79 Å². The average Bonchev–Trinajstić information content (AvgIpc) is 2.61. The molecule has 2 aliphatic rings. The van der Waals surface area contributed by atoms with Crippen molar-refractivity contribution in [3.63, 3.8) is 0 Å². The Bertz CT molecular complexity index is 744. The van der Waals surface area contributed by atoms with E-state index in [2.05, 4.69) is 41.0 Å². The van der Waals surface area contributed by atoms with E-state index in [1.807, 2.05) is 12.1 Å². The second kappa shape index (κ2) is 7.37. The molecule has 1 aliphatic carbocycles. The quantitative estimate of drug-likeness (QED) is 0.874. The molecular weight excluding hydrogens is 320 g/mol. The van der Waals surface area contributed by atoms with Crippen LogP contribution < -0.4 is 10.6 Å². The van der Waals surface area contributed by atoms with Crippen LogP contribution in [0.4, 0.5) is 5.69 Å². The highest BCUT2D eigenvalue weighted by molar-refractivity contribution is 5.96. The maximum absolute atomic E-state index is 12.7. The first-order valence-corrected chi connectivity index (χ1v) is 8.53. The van der Waals surface area contributed by atoms with E-state index in [4.69, 9.17) is 0 Å². The van der Waals surface area contributed by atoms with Crippen molar-refractivity contribution >= 4 is 24.0 Å². The molecule has 0 radical (unpaired) electrons. The second-order valence-electron chi connectivity index (χ2n) is 6.55. The van der Waals surface area contributed by atoms with Crippen LogP contribution >= 0.6 is 12.4 Å². The summed E-state index contributed by atoms with van der Waals surface area (Å²) in [6.45, 7) is 0.765. The van der Waals surface area contributed by atoms with Crippen LogP contribution in [0.1, 0.15) is 35.1 Å². The summed E-state index contributed by atoms with van der Waals surface area (Å²) in [5, 5.41) is 6.53. The Hall–Kier alpha value is -1.84. The Balaban J connectivity index is 0.00000169. The predicted molar refractivity (Wildman–Crippen MR) is 99.7 cm³/mol. The number of benzene rings is 2. The zero-order chi connectivity index (χ0) is 15.6. The molecule has 4 heteroatoms.